The van der Waals surface area contributed by atoms with Crippen LogP contribution < -0.4 is 5.32 Å². The van der Waals surface area contributed by atoms with Gasteiger partial charge in [0.1, 0.15) is 0 Å². The SMILES string of the molecule is O=C(NCc1nnc(-c2ccccc2)o1)c1ccc(Cl)c(Br)c1. The first-order chi connectivity index (χ1) is 11.1. The predicted molar refractivity (Wildman–Crippen MR) is 90.1 cm³/mol. The third-order valence-corrected chi connectivity index (χ3v) is 4.28. The maximum atomic E-state index is 12.1. The van der Waals surface area contributed by atoms with Crippen molar-refractivity contribution < 1.29 is 9.21 Å². The molecule has 0 radical (unpaired) electrons. The largest absolute Gasteiger partial charge is 0.419 e. The number of aromatic nitrogens is 2. The van der Waals surface area contributed by atoms with Gasteiger partial charge >= 0.3 is 0 Å². The molecule has 0 aliphatic rings. The number of nitrogens with one attached hydrogen (secondary N) is 1. The Morgan fingerprint density at radius 3 is 2.70 bits per heavy atom. The zero-order chi connectivity index (χ0) is 16.2. The van der Waals surface area contributed by atoms with Gasteiger partial charge in [-0.05, 0) is 46.3 Å². The van der Waals surface area contributed by atoms with Crippen LogP contribution in [0.25, 0.3) is 11.5 Å². The molecule has 5 nitrogen and oxygen atoms in total. The molecule has 0 aliphatic heterocycles. The zero-order valence-corrected chi connectivity index (χ0v) is 14.1. The summed E-state index contributed by atoms with van der Waals surface area (Å²) in [6.45, 7) is 0.152. The minimum atomic E-state index is -0.248. The van der Waals surface area contributed by atoms with Crippen LogP contribution in [0.4, 0.5) is 0 Å². The number of carbonyl (C=O) groups is 1. The van der Waals surface area contributed by atoms with Gasteiger partial charge in [0.05, 0.1) is 11.6 Å². The smallest absolute Gasteiger partial charge is 0.251 e. The molecule has 0 atom stereocenters. The fourth-order valence-electron chi connectivity index (χ4n) is 1.92. The molecule has 1 aromatic heterocycles. The summed E-state index contributed by atoms with van der Waals surface area (Å²) in [4.78, 5) is 12.1. The van der Waals surface area contributed by atoms with Crippen molar-refractivity contribution >= 4 is 33.4 Å². The molecule has 7 heteroatoms. The molecule has 23 heavy (non-hydrogen) atoms. The number of rotatable bonds is 4. The molecule has 0 aliphatic carbocycles. The van der Waals surface area contributed by atoms with E-state index in [1.54, 1.807) is 18.2 Å². The molecule has 0 unspecified atom stereocenters. The summed E-state index contributed by atoms with van der Waals surface area (Å²) >= 11 is 9.19. The Hall–Kier alpha value is -2.18. The van der Waals surface area contributed by atoms with Crippen molar-refractivity contribution in [1.82, 2.24) is 15.5 Å². The molecule has 3 rings (SSSR count). The Labute approximate surface area is 145 Å². The molecular weight excluding hydrogens is 382 g/mol. The van der Waals surface area contributed by atoms with E-state index in [1.807, 2.05) is 30.3 Å². The number of benzene rings is 2. The molecule has 1 amide bonds. The Morgan fingerprint density at radius 1 is 1.17 bits per heavy atom. The molecule has 1 N–H and O–H groups in total. The fourth-order valence-corrected chi connectivity index (χ4v) is 2.41. The second-order valence-electron chi connectivity index (χ2n) is 4.68. The van der Waals surface area contributed by atoms with Gasteiger partial charge in [0.15, 0.2) is 0 Å². The normalized spacial score (nSPS) is 10.5. The zero-order valence-electron chi connectivity index (χ0n) is 11.8. The van der Waals surface area contributed by atoms with Gasteiger partial charge in [0.2, 0.25) is 11.8 Å². The second-order valence-corrected chi connectivity index (χ2v) is 5.94. The van der Waals surface area contributed by atoms with Crippen LogP contribution in [0.3, 0.4) is 0 Å². The summed E-state index contributed by atoms with van der Waals surface area (Å²) in [6.07, 6.45) is 0. The average Bonchev–Trinajstić information content (AvgIpc) is 3.05. The molecule has 0 saturated carbocycles. The third kappa shape index (κ3) is 3.78. The number of nitrogens with zero attached hydrogens (tertiary/aromatic N) is 2. The van der Waals surface area contributed by atoms with Crippen LogP contribution in [0.2, 0.25) is 5.02 Å². The highest BCUT2D eigenvalue weighted by Crippen LogP contribution is 2.23. The monoisotopic (exact) mass is 391 g/mol. The molecule has 3 aromatic rings. The topological polar surface area (TPSA) is 68.0 Å². The predicted octanol–water partition coefficient (Wildman–Crippen LogP) is 4.08. The molecule has 0 bridgehead atoms. The van der Waals surface area contributed by atoms with E-state index in [1.165, 1.54) is 0 Å². The summed E-state index contributed by atoms with van der Waals surface area (Å²) < 4.78 is 6.19. The van der Waals surface area contributed by atoms with E-state index in [0.717, 1.165) is 5.56 Å². The summed E-state index contributed by atoms with van der Waals surface area (Å²) in [5, 5.41) is 11.2. The molecular formula is C16H11BrClN3O2. The minimum absolute atomic E-state index is 0.152. The quantitative estimate of drug-likeness (QED) is 0.726. The Bertz CT molecular complexity index is 836. The maximum absolute atomic E-state index is 12.1. The number of amides is 1. The van der Waals surface area contributed by atoms with Crippen molar-refractivity contribution in [2.45, 2.75) is 6.54 Å². The molecule has 1 heterocycles. The van der Waals surface area contributed by atoms with Gasteiger partial charge in [-0.25, -0.2) is 0 Å². The van der Waals surface area contributed by atoms with E-state index < -0.39 is 0 Å². The van der Waals surface area contributed by atoms with Crippen LogP contribution in [0.1, 0.15) is 16.2 Å². The number of carbonyl (C=O) groups excluding carboxylic acids is 1. The highest BCUT2D eigenvalue weighted by molar-refractivity contribution is 9.10. The summed E-state index contributed by atoms with van der Waals surface area (Å²) in [5.41, 5.74) is 1.32. The van der Waals surface area contributed by atoms with Crippen LogP contribution in [0, 0.1) is 0 Å². The Balaban J connectivity index is 1.65. The second kappa shape index (κ2) is 6.93. The van der Waals surface area contributed by atoms with Crippen LogP contribution in [-0.4, -0.2) is 16.1 Å². The number of hydrogen-bond donors (Lipinski definition) is 1. The lowest BCUT2D eigenvalue weighted by atomic mass is 10.2. The average molecular weight is 393 g/mol. The lowest BCUT2D eigenvalue weighted by molar-refractivity contribution is 0.0947. The minimum Gasteiger partial charge on any atom is -0.419 e. The first-order valence-corrected chi connectivity index (χ1v) is 7.91. The Morgan fingerprint density at radius 2 is 1.96 bits per heavy atom. The Kier molecular flexibility index (Phi) is 4.73. The highest BCUT2D eigenvalue weighted by Gasteiger charge is 2.11. The number of halogens is 2. The van der Waals surface area contributed by atoms with Crippen molar-refractivity contribution in [2.75, 3.05) is 0 Å². The van der Waals surface area contributed by atoms with Crippen molar-refractivity contribution in [3.8, 4) is 11.5 Å². The van der Waals surface area contributed by atoms with Crippen LogP contribution in [0.15, 0.2) is 57.4 Å². The molecule has 0 saturated heterocycles. The van der Waals surface area contributed by atoms with Crippen LogP contribution >= 0.6 is 27.5 Å². The van der Waals surface area contributed by atoms with Gasteiger partial charge in [-0.15, -0.1) is 10.2 Å². The van der Waals surface area contributed by atoms with Crippen molar-refractivity contribution in [2.24, 2.45) is 0 Å². The fraction of sp³-hybridized carbons (Fsp3) is 0.0625. The number of hydrogen-bond acceptors (Lipinski definition) is 4. The van der Waals surface area contributed by atoms with Gasteiger partial charge in [-0.1, -0.05) is 29.8 Å². The maximum Gasteiger partial charge on any atom is 0.251 e. The molecule has 0 spiro atoms. The highest BCUT2D eigenvalue weighted by atomic mass is 79.9. The van der Waals surface area contributed by atoms with E-state index >= 15 is 0 Å². The van der Waals surface area contributed by atoms with E-state index in [9.17, 15) is 4.79 Å². The van der Waals surface area contributed by atoms with E-state index in [2.05, 4.69) is 31.4 Å². The summed E-state index contributed by atoms with van der Waals surface area (Å²) in [6, 6.07) is 14.4. The molecule has 116 valence electrons. The van der Waals surface area contributed by atoms with E-state index in [-0.39, 0.29) is 12.5 Å². The van der Waals surface area contributed by atoms with Crippen molar-refractivity contribution in [3.63, 3.8) is 0 Å². The first-order valence-electron chi connectivity index (χ1n) is 6.74. The van der Waals surface area contributed by atoms with Crippen molar-refractivity contribution in [3.05, 3.63) is 69.5 Å². The summed E-state index contributed by atoms with van der Waals surface area (Å²) in [5.74, 6) is 0.510. The van der Waals surface area contributed by atoms with Gasteiger partial charge in [0, 0.05) is 15.6 Å². The lowest BCUT2D eigenvalue weighted by Crippen LogP contribution is -2.22. The van der Waals surface area contributed by atoms with E-state index in [0.29, 0.717) is 26.8 Å². The molecule has 2 aromatic carbocycles. The first kappa shape index (κ1) is 15.7. The molecule has 0 fully saturated rings. The van der Waals surface area contributed by atoms with Crippen molar-refractivity contribution in [1.29, 1.82) is 0 Å². The van der Waals surface area contributed by atoms with E-state index in [4.69, 9.17) is 16.0 Å². The van der Waals surface area contributed by atoms with Crippen LogP contribution in [0.5, 0.6) is 0 Å². The third-order valence-electron chi connectivity index (χ3n) is 3.07. The standard InChI is InChI=1S/C16H11BrClN3O2/c17-12-8-11(6-7-13(12)18)15(22)19-9-14-20-21-16(23-14)10-4-2-1-3-5-10/h1-8H,9H2,(H,19,22). The van der Waals surface area contributed by atoms with Gasteiger partial charge in [-0.3, -0.25) is 4.79 Å². The lowest BCUT2D eigenvalue weighted by Gasteiger charge is -2.04. The van der Waals surface area contributed by atoms with Crippen LogP contribution in [-0.2, 0) is 6.54 Å². The summed E-state index contributed by atoms with van der Waals surface area (Å²) in [7, 11) is 0. The van der Waals surface area contributed by atoms with Gasteiger partial charge in [-0.2, -0.15) is 0 Å². The van der Waals surface area contributed by atoms with Gasteiger partial charge in [0.25, 0.3) is 5.91 Å². The van der Waals surface area contributed by atoms with Gasteiger partial charge < -0.3 is 9.73 Å².